The Morgan fingerprint density at radius 3 is 1.05 bits per heavy atom. The van der Waals surface area contributed by atoms with Gasteiger partial charge in [-0.1, -0.05) is 104 Å². The maximum absolute atomic E-state index is 9.90. The van der Waals surface area contributed by atoms with E-state index >= 15 is 0 Å². The van der Waals surface area contributed by atoms with Gasteiger partial charge in [-0.25, -0.2) is 9.97 Å². The minimum absolute atomic E-state index is 0.265. The molecule has 0 bridgehead atoms. The van der Waals surface area contributed by atoms with Crippen LogP contribution in [0.1, 0.15) is 128 Å². The van der Waals surface area contributed by atoms with Crippen molar-refractivity contribution in [2.45, 2.75) is 129 Å². The quantitative estimate of drug-likeness (QED) is 0.139. The maximum atomic E-state index is 9.90. The summed E-state index contributed by atoms with van der Waals surface area (Å²) in [7, 11) is 0. The first-order valence-electron chi connectivity index (χ1n) is 16.1. The van der Waals surface area contributed by atoms with Crippen LogP contribution >= 0.6 is 0 Å². The molecule has 0 radical (unpaired) electrons. The van der Waals surface area contributed by atoms with Gasteiger partial charge in [-0.05, 0) is 74.2 Å². The Balaban J connectivity index is 1.78. The third-order valence-electron chi connectivity index (χ3n) is 7.86. The van der Waals surface area contributed by atoms with Gasteiger partial charge >= 0.3 is 0 Å². The Morgan fingerprint density at radius 2 is 0.725 bits per heavy atom. The summed E-state index contributed by atoms with van der Waals surface area (Å²) < 4.78 is 0. The Morgan fingerprint density at radius 1 is 0.425 bits per heavy atom. The third-order valence-corrected chi connectivity index (χ3v) is 7.86. The van der Waals surface area contributed by atoms with E-state index in [0.29, 0.717) is 0 Å². The minimum atomic E-state index is 0.265. The number of unbranched alkanes of at least 4 members (excludes halogenated alkanes) is 14. The predicted molar refractivity (Wildman–Crippen MR) is 169 cm³/mol. The van der Waals surface area contributed by atoms with Crippen molar-refractivity contribution in [3.63, 3.8) is 0 Å². The predicted octanol–water partition coefficient (Wildman–Crippen LogP) is 10.6. The molecule has 4 heteroatoms. The number of aromatic hydroxyl groups is 2. The molecule has 0 spiro atoms. The highest BCUT2D eigenvalue weighted by Crippen LogP contribution is 2.31. The van der Waals surface area contributed by atoms with Crippen LogP contribution < -0.4 is 0 Å². The van der Waals surface area contributed by atoms with Crippen molar-refractivity contribution in [2.24, 2.45) is 0 Å². The average Bonchev–Trinajstić information content (AvgIpc) is 2.97. The molecule has 0 fully saturated rings. The first kappa shape index (κ1) is 31.6. The van der Waals surface area contributed by atoms with E-state index in [2.05, 4.69) is 13.8 Å². The van der Waals surface area contributed by atoms with Gasteiger partial charge in [0.1, 0.15) is 11.5 Å². The number of phenols is 2. The highest BCUT2D eigenvalue weighted by Gasteiger charge is 2.17. The summed E-state index contributed by atoms with van der Waals surface area (Å²) in [6.45, 7) is 4.53. The highest BCUT2D eigenvalue weighted by atomic mass is 16.3. The Bertz CT molecular complexity index is 1000. The summed E-state index contributed by atoms with van der Waals surface area (Å²) in [6.07, 6.45) is 22.2. The summed E-state index contributed by atoms with van der Waals surface area (Å²) in [6, 6.07) is 14.8. The molecule has 1 heterocycles. The fraction of sp³-hybridized carbons (Fsp3) is 0.556. The van der Waals surface area contributed by atoms with Gasteiger partial charge in [0.2, 0.25) is 0 Å². The zero-order chi connectivity index (χ0) is 28.4. The van der Waals surface area contributed by atoms with Crippen LogP contribution in [0.2, 0.25) is 0 Å². The molecule has 0 aliphatic carbocycles. The summed E-state index contributed by atoms with van der Waals surface area (Å²) >= 11 is 0. The monoisotopic (exact) mass is 544 g/mol. The molecule has 218 valence electrons. The highest BCUT2D eigenvalue weighted by molar-refractivity contribution is 5.68. The van der Waals surface area contributed by atoms with Crippen molar-refractivity contribution in [3.8, 4) is 34.0 Å². The largest absolute Gasteiger partial charge is 0.508 e. The van der Waals surface area contributed by atoms with Crippen molar-refractivity contribution >= 4 is 0 Å². The molecule has 2 N–H and O–H groups in total. The zero-order valence-corrected chi connectivity index (χ0v) is 25.1. The zero-order valence-electron chi connectivity index (χ0n) is 25.1. The van der Waals surface area contributed by atoms with Crippen molar-refractivity contribution in [2.75, 3.05) is 0 Å². The molecule has 1 aromatic heterocycles. The van der Waals surface area contributed by atoms with Gasteiger partial charge in [0.15, 0.2) is 0 Å². The number of aromatic nitrogens is 2. The van der Waals surface area contributed by atoms with Crippen LogP contribution in [-0.4, -0.2) is 20.2 Å². The molecule has 0 saturated carbocycles. The Labute approximate surface area is 243 Å². The number of aryl methyl sites for hydroxylation is 2. The lowest BCUT2D eigenvalue weighted by molar-refractivity contribution is 0.475. The van der Waals surface area contributed by atoms with Crippen LogP contribution in [-0.2, 0) is 12.8 Å². The molecule has 3 aromatic rings. The van der Waals surface area contributed by atoms with E-state index in [-0.39, 0.29) is 11.5 Å². The minimum Gasteiger partial charge on any atom is -0.508 e. The Kier molecular flexibility index (Phi) is 14.6. The molecule has 40 heavy (non-hydrogen) atoms. The van der Waals surface area contributed by atoms with Gasteiger partial charge < -0.3 is 10.2 Å². The molecule has 4 nitrogen and oxygen atoms in total. The lowest BCUT2D eigenvalue weighted by Crippen LogP contribution is -2.06. The normalized spacial score (nSPS) is 11.2. The smallest absolute Gasteiger partial charge is 0.115 e. The SMILES string of the molecule is CCCCCCCCCCc1nc(-c2ccc(O)cc2)c(CCCCCCCCCC)nc1-c1ccc(O)cc1. The molecule has 0 amide bonds. The summed E-state index contributed by atoms with van der Waals surface area (Å²) in [5.41, 5.74) is 5.96. The summed E-state index contributed by atoms with van der Waals surface area (Å²) in [4.78, 5) is 10.5. The van der Waals surface area contributed by atoms with Crippen LogP contribution in [0.3, 0.4) is 0 Å². The van der Waals surface area contributed by atoms with Gasteiger partial charge in [-0.2, -0.15) is 0 Å². The van der Waals surface area contributed by atoms with Gasteiger partial charge in [-0.15, -0.1) is 0 Å². The standard InChI is InChI=1S/C36H52N2O2/c1-3-5-7-9-11-13-15-17-19-33-35(29-21-25-31(39)26-22-29)38-34(20-18-16-14-12-10-8-6-4-2)36(37-33)30-23-27-32(40)28-24-30/h21-28,39-40H,3-20H2,1-2H3. The Hall–Kier alpha value is -2.88. The van der Waals surface area contributed by atoms with Crippen molar-refractivity contribution in [3.05, 3.63) is 59.9 Å². The van der Waals surface area contributed by atoms with Gasteiger partial charge in [0.25, 0.3) is 0 Å². The van der Waals surface area contributed by atoms with E-state index < -0.39 is 0 Å². The summed E-state index contributed by atoms with van der Waals surface area (Å²) in [5, 5.41) is 19.8. The molecule has 0 unspecified atom stereocenters. The van der Waals surface area contributed by atoms with Crippen LogP contribution in [0, 0.1) is 0 Å². The van der Waals surface area contributed by atoms with E-state index in [0.717, 1.165) is 59.6 Å². The van der Waals surface area contributed by atoms with Gasteiger partial charge in [0.05, 0.1) is 22.8 Å². The maximum Gasteiger partial charge on any atom is 0.115 e. The number of rotatable bonds is 20. The number of nitrogens with zero attached hydrogens (tertiary/aromatic N) is 2. The van der Waals surface area contributed by atoms with Gasteiger partial charge in [0, 0.05) is 11.1 Å². The average molecular weight is 545 g/mol. The van der Waals surface area contributed by atoms with E-state index in [1.54, 1.807) is 24.3 Å². The first-order chi connectivity index (χ1) is 19.6. The van der Waals surface area contributed by atoms with Crippen LogP contribution in [0.5, 0.6) is 11.5 Å². The van der Waals surface area contributed by atoms with Crippen LogP contribution in [0.4, 0.5) is 0 Å². The van der Waals surface area contributed by atoms with Crippen molar-refractivity contribution in [1.29, 1.82) is 0 Å². The van der Waals surface area contributed by atoms with Crippen LogP contribution in [0.25, 0.3) is 22.5 Å². The topological polar surface area (TPSA) is 66.2 Å². The number of benzene rings is 2. The fourth-order valence-electron chi connectivity index (χ4n) is 5.41. The second-order valence-corrected chi connectivity index (χ2v) is 11.4. The molecule has 2 aromatic carbocycles. The van der Waals surface area contributed by atoms with E-state index in [4.69, 9.17) is 9.97 Å². The lowest BCUT2D eigenvalue weighted by atomic mass is 9.99. The second kappa shape index (κ2) is 18.5. The van der Waals surface area contributed by atoms with E-state index in [1.807, 2.05) is 24.3 Å². The molecular formula is C36H52N2O2. The second-order valence-electron chi connectivity index (χ2n) is 11.4. The molecule has 0 saturated heterocycles. The molecule has 0 aliphatic rings. The van der Waals surface area contributed by atoms with E-state index in [9.17, 15) is 10.2 Å². The van der Waals surface area contributed by atoms with Crippen molar-refractivity contribution in [1.82, 2.24) is 9.97 Å². The third kappa shape index (κ3) is 10.9. The molecule has 0 atom stereocenters. The van der Waals surface area contributed by atoms with Gasteiger partial charge in [-0.3, -0.25) is 0 Å². The lowest BCUT2D eigenvalue weighted by Gasteiger charge is -2.16. The summed E-state index contributed by atoms with van der Waals surface area (Å²) in [5.74, 6) is 0.530. The number of hydrogen-bond acceptors (Lipinski definition) is 4. The van der Waals surface area contributed by atoms with E-state index in [1.165, 1.54) is 89.9 Å². The number of hydrogen-bond donors (Lipinski definition) is 2. The molecule has 0 aliphatic heterocycles. The number of phenolic OH excluding ortho intramolecular Hbond substituents is 2. The fourth-order valence-corrected chi connectivity index (χ4v) is 5.41. The van der Waals surface area contributed by atoms with Crippen LogP contribution in [0.15, 0.2) is 48.5 Å². The molecular weight excluding hydrogens is 492 g/mol. The first-order valence-corrected chi connectivity index (χ1v) is 16.1. The van der Waals surface area contributed by atoms with Crippen molar-refractivity contribution < 1.29 is 10.2 Å². The molecule has 3 rings (SSSR count).